The van der Waals surface area contributed by atoms with Crippen LogP contribution in [0.2, 0.25) is 5.02 Å². The van der Waals surface area contributed by atoms with Gasteiger partial charge in [-0.3, -0.25) is 0 Å². The first-order valence-electron chi connectivity index (χ1n) is 6.11. The Balaban J connectivity index is 2.72. The van der Waals surface area contributed by atoms with Crippen molar-refractivity contribution >= 4 is 11.6 Å². The van der Waals surface area contributed by atoms with Gasteiger partial charge < -0.3 is 4.74 Å². The van der Waals surface area contributed by atoms with Crippen LogP contribution in [0.25, 0.3) is 0 Å². The minimum Gasteiger partial charge on any atom is -0.496 e. The molecule has 1 aromatic carbocycles. The summed E-state index contributed by atoms with van der Waals surface area (Å²) in [4.78, 5) is 0. The molecule has 2 unspecified atom stereocenters. The van der Waals surface area contributed by atoms with E-state index in [2.05, 4.69) is 13.0 Å². The van der Waals surface area contributed by atoms with Gasteiger partial charge in [-0.15, -0.1) is 0 Å². The lowest BCUT2D eigenvalue weighted by atomic mass is 9.87. The largest absolute Gasteiger partial charge is 0.496 e. The van der Waals surface area contributed by atoms with Gasteiger partial charge in [0, 0.05) is 16.0 Å². The highest BCUT2D eigenvalue weighted by atomic mass is 35.5. The summed E-state index contributed by atoms with van der Waals surface area (Å²) in [6.45, 7) is 8.17. The zero-order valence-corrected chi connectivity index (χ0v) is 12.3. The van der Waals surface area contributed by atoms with Crippen LogP contribution in [0.15, 0.2) is 0 Å². The molecule has 2 nitrogen and oxygen atoms in total. The van der Waals surface area contributed by atoms with Gasteiger partial charge in [0.25, 0.3) is 0 Å². The molecule has 3 heteroatoms. The predicted molar refractivity (Wildman–Crippen MR) is 73.3 cm³/mol. The molecule has 0 saturated heterocycles. The number of rotatable bonds is 2. The smallest absolute Gasteiger partial charge is 0.126 e. The molecule has 0 aromatic heterocycles. The first-order chi connectivity index (χ1) is 8.38. The molecular formula is C15H18ClNO. The van der Waals surface area contributed by atoms with E-state index in [-0.39, 0.29) is 11.3 Å². The molecule has 0 bridgehead atoms. The van der Waals surface area contributed by atoms with Gasteiger partial charge in [-0.25, -0.2) is 0 Å². The fourth-order valence-corrected chi connectivity index (χ4v) is 3.09. The summed E-state index contributed by atoms with van der Waals surface area (Å²) in [5, 5.41) is 9.93. The summed E-state index contributed by atoms with van der Waals surface area (Å²) < 4.78 is 5.58. The summed E-state index contributed by atoms with van der Waals surface area (Å²) >= 11 is 6.40. The molecule has 96 valence electrons. The van der Waals surface area contributed by atoms with E-state index in [0.29, 0.717) is 0 Å². The van der Waals surface area contributed by atoms with Gasteiger partial charge in [-0.05, 0) is 43.9 Å². The van der Waals surface area contributed by atoms with Crippen molar-refractivity contribution in [3.63, 3.8) is 0 Å². The number of hydrogen-bond donors (Lipinski definition) is 0. The monoisotopic (exact) mass is 263 g/mol. The first kappa shape index (κ1) is 13.2. The lowest BCUT2D eigenvalue weighted by molar-refractivity contribution is 0.400. The number of hydrogen-bond acceptors (Lipinski definition) is 2. The quantitative estimate of drug-likeness (QED) is 0.806. The molecule has 0 amide bonds. The Hall–Kier alpha value is -1.20. The molecule has 1 fully saturated rings. The van der Waals surface area contributed by atoms with Gasteiger partial charge in [0.1, 0.15) is 5.75 Å². The van der Waals surface area contributed by atoms with Crippen LogP contribution >= 0.6 is 11.6 Å². The van der Waals surface area contributed by atoms with E-state index in [4.69, 9.17) is 21.6 Å². The van der Waals surface area contributed by atoms with E-state index in [1.807, 2.05) is 20.8 Å². The average molecular weight is 264 g/mol. The zero-order chi connectivity index (χ0) is 13.7. The molecule has 0 radical (unpaired) electrons. The van der Waals surface area contributed by atoms with Crippen molar-refractivity contribution in [3.05, 3.63) is 27.3 Å². The molecule has 1 saturated carbocycles. The number of nitrogens with zero attached hydrogens (tertiary/aromatic N) is 1. The fraction of sp³-hybridized carbons (Fsp3) is 0.533. The number of benzene rings is 1. The Morgan fingerprint density at radius 1 is 1.28 bits per heavy atom. The second-order valence-corrected chi connectivity index (χ2v) is 5.78. The highest BCUT2D eigenvalue weighted by molar-refractivity contribution is 6.32. The Morgan fingerprint density at radius 2 is 1.89 bits per heavy atom. The van der Waals surface area contributed by atoms with Crippen molar-refractivity contribution in [1.29, 1.82) is 5.26 Å². The predicted octanol–water partition coefficient (Wildman–Crippen LogP) is 4.08. The molecule has 0 aliphatic heterocycles. The van der Waals surface area contributed by atoms with Crippen LogP contribution in [0.3, 0.4) is 0 Å². The molecule has 1 aliphatic rings. The second-order valence-electron chi connectivity index (χ2n) is 5.40. The third-order valence-electron chi connectivity index (χ3n) is 4.33. The summed E-state index contributed by atoms with van der Waals surface area (Å²) in [5.74, 6) is 0.970. The number of ether oxygens (including phenoxy) is 1. The molecule has 2 rings (SSSR count). The third kappa shape index (κ3) is 1.61. The van der Waals surface area contributed by atoms with Crippen molar-refractivity contribution in [1.82, 2.24) is 0 Å². The van der Waals surface area contributed by atoms with E-state index in [9.17, 15) is 0 Å². The van der Waals surface area contributed by atoms with Crippen LogP contribution in [0.4, 0.5) is 0 Å². The second kappa shape index (κ2) is 4.17. The normalized spacial score (nSPS) is 25.7. The fourth-order valence-electron chi connectivity index (χ4n) is 2.86. The van der Waals surface area contributed by atoms with E-state index < -0.39 is 0 Å². The number of nitriles is 1. The van der Waals surface area contributed by atoms with Crippen LogP contribution in [0.5, 0.6) is 5.75 Å². The van der Waals surface area contributed by atoms with Crippen LogP contribution in [-0.4, -0.2) is 7.11 Å². The van der Waals surface area contributed by atoms with Gasteiger partial charge in [0.05, 0.1) is 19.1 Å². The van der Waals surface area contributed by atoms with Crippen molar-refractivity contribution in [2.45, 2.75) is 39.5 Å². The standard InChI is InChI=1S/C15H18ClNO/c1-8-9(2)14(18-5)12(10(3)13(8)16)15(4)6-11(15)7-17/h11H,6H2,1-5H3. The number of methoxy groups -OCH3 is 1. The molecule has 0 heterocycles. The summed E-state index contributed by atoms with van der Waals surface area (Å²) in [6.07, 6.45) is 0.888. The van der Waals surface area contributed by atoms with Crippen LogP contribution in [0.1, 0.15) is 35.6 Å². The first-order valence-corrected chi connectivity index (χ1v) is 6.49. The third-order valence-corrected chi connectivity index (χ3v) is 4.90. The van der Waals surface area contributed by atoms with Gasteiger partial charge in [0.15, 0.2) is 0 Å². The highest BCUT2D eigenvalue weighted by Gasteiger charge is 2.54. The van der Waals surface area contributed by atoms with Crippen molar-refractivity contribution in [2.75, 3.05) is 7.11 Å². The van der Waals surface area contributed by atoms with Gasteiger partial charge in [-0.2, -0.15) is 5.26 Å². The Morgan fingerprint density at radius 3 is 2.33 bits per heavy atom. The molecular weight excluding hydrogens is 246 g/mol. The summed E-state index contributed by atoms with van der Waals surface area (Å²) in [5.41, 5.74) is 4.20. The summed E-state index contributed by atoms with van der Waals surface area (Å²) in [6, 6.07) is 2.36. The maximum absolute atomic E-state index is 9.13. The average Bonchev–Trinajstić information content (AvgIpc) is 3.02. The Labute approximate surface area is 114 Å². The molecule has 18 heavy (non-hydrogen) atoms. The van der Waals surface area contributed by atoms with Crippen LogP contribution in [0, 0.1) is 38.0 Å². The molecule has 0 N–H and O–H groups in total. The van der Waals surface area contributed by atoms with Crippen molar-refractivity contribution in [3.8, 4) is 11.8 Å². The minimum absolute atomic E-state index is 0.0725. The van der Waals surface area contributed by atoms with E-state index in [0.717, 1.165) is 39.4 Å². The van der Waals surface area contributed by atoms with Gasteiger partial charge in [0.2, 0.25) is 0 Å². The van der Waals surface area contributed by atoms with E-state index >= 15 is 0 Å². The minimum atomic E-state index is -0.105. The lowest BCUT2D eigenvalue weighted by Crippen LogP contribution is -2.11. The zero-order valence-electron chi connectivity index (χ0n) is 11.5. The Bertz CT molecular complexity index is 559. The van der Waals surface area contributed by atoms with Crippen LogP contribution < -0.4 is 4.74 Å². The molecule has 2 atom stereocenters. The highest BCUT2D eigenvalue weighted by Crippen LogP contribution is 2.58. The van der Waals surface area contributed by atoms with Crippen molar-refractivity contribution in [2.24, 2.45) is 5.92 Å². The maximum atomic E-state index is 9.13. The maximum Gasteiger partial charge on any atom is 0.126 e. The molecule has 0 spiro atoms. The Kier molecular flexibility index (Phi) is 3.07. The van der Waals surface area contributed by atoms with Crippen LogP contribution in [-0.2, 0) is 5.41 Å². The summed E-state index contributed by atoms with van der Waals surface area (Å²) in [7, 11) is 1.69. The number of halogens is 1. The van der Waals surface area contributed by atoms with Gasteiger partial charge in [-0.1, -0.05) is 18.5 Å². The molecule has 1 aliphatic carbocycles. The SMILES string of the molecule is COc1c(C)c(C)c(Cl)c(C)c1C1(C)CC1C#N. The van der Waals surface area contributed by atoms with E-state index in [1.54, 1.807) is 7.11 Å². The topological polar surface area (TPSA) is 33.0 Å². The molecule has 1 aromatic rings. The van der Waals surface area contributed by atoms with Gasteiger partial charge >= 0.3 is 0 Å². The lowest BCUT2D eigenvalue weighted by Gasteiger charge is -2.22. The van der Waals surface area contributed by atoms with Crippen molar-refractivity contribution < 1.29 is 4.74 Å². The van der Waals surface area contributed by atoms with E-state index in [1.165, 1.54) is 0 Å².